The number of nitrogens with zero attached hydrogens (tertiary/aromatic N) is 1. The van der Waals surface area contributed by atoms with E-state index >= 15 is 0 Å². The highest BCUT2D eigenvalue weighted by atomic mass is 16.2. The molecule has 0 spiro atoms. The van der Waals surface area contributed by atoms with E-state index in [1.165, 1.54) is 5.57 Å². The zero-order valence-corrected chi connectivity index (χ0v) is 9.00. The molecule has 0 saturated heterocycles. The summed E-state index contributed by atoms with van der Waals surface area (Å²) >= 11 is 0. The number of hydrogen-bond acceptors (Lipinski definition) is 1. The Balaban J connectivity index is 2.86. The van der Waals surface area contributed by atoms with Crippen molar-refractivity contribution in [3.63, 3.8) is 0 Å². The quantitative estimate of drug-likeness (QED) is 0.641. The van der Waals surface area contributed by atoms with Gasteiger partial charge in [0.1, 0.15) is 0 Å². The number of carbonyl (C=O) groups is 1. The molecule has 0 fully saturated rings. The van der Waals surface area contributed by atoms with Gasteiger partial charge in [0.15, 0.2) is 0 Å². The Bertz CT molecular complexity index is 230. The van der Waals surface area contributed by atoms with Gasteiger partial charge in [-0.3, -0.25) is 4.79 Å². The fourth-order valence-electron chi connectivity index (χ4n) is 1.75. The molecular weight excluding hydrogens is 162 g/mol. The van der Waals surface area contributed by atoms with Crippen LogP contribution in [-0.2, 0) is 4.79 Å². The Morgan fingerprint density at radius 3 is 2.69 bits per heavy atom. The van der Waals surface area contributed by atoms with E-state index in [0.29, 0.717) is 18.4 Å². The lowest BCUT2D eigenvalue weighted by molar-refractivity contribution is -0.131. The van der Waals surface area contributed by atoms with Gasteiger partial charge in [0.05, 0.1) is 0 Å². The lowest BCUT2D eigenvalue weighted by Crippen LogP contribution is -2.37. The van der Waals surface area contributed by atoms with Crippen LogP contribution in [0.4, 0.5) is 0 Å². The molecule has 1 aliphatic rings. The molecular formula is C11H19NO. The maximum absolute atomic E-state index is 11.6. The highest BCUT2D eigenvalue weighted by Crippen LogP contribution is 2.25. The summed E-state index contributed by atoms with van der Waals surface area (Å²) in [5.74, 6) is 0.701. The minimum Gasteiger partial charge on any atom is -0.317 e. The van der Waals surface area contributed by atoms with Gasteiger partial charge in [-0.05, 0) is 26.2 Å². The third kappa shape index (κ3) is 2.11. The maximum atomic E-state index is 11.6. The zero-order valence-electron chi connectivity index (χ0n) is 9.00. The summed E-state index contributed by atoms with van der Waals surface area (Å²) in [5.41, 5.74) is 1.40. The van der Waals surface area contributed by atoms with Crippen LogP contribution < -0.4 is 0 Å². The van der Waals surface area contributed by atoms with Gasteiger partial charge >= 0.3 is 0 Å². The number of carbonyl (C=O) groups excluding carboxylic acids is 1. The number of hydrogen-bond donors (Lipinski definition) is 0. The van der Waals surface area contributed by atoms with Crippen molar-refractivity contribution in [3.8, 4) is 0 Å². The van der Waals surface area contributed by atoms with Crippen molar-refractivity contribution < 1.29 is 4.79 Å². The Labute approximate surface area is 80.6 Å². The zero-order chi connectivity index (χ0) is 10.0. The molecule has 1 amide bonds. The topological polar surface area (TPSA) is 20.3 Å². The summed E-state index contributed by atoms with van der Waals surface area (Å²) in [7, 11) is 0. The van der Waals surface area contributed by atoms with Crippen LogP contribution in [0, 0.1) is 5.92 Å². The molecule has 0 aromatic heterocycles. The fourth-order valence-corrected chi connectivity index (χ4v) is 1.75. The third-order valence-corrected chi connectivity index (χ3v) is 2.67. The minimum absolute atomic E-state index is 0.264. The molecule has 13 heavy (non-hydrogen) atoms. The Morgan fingerprint density at radius 2 is 2.23 bits per heavy atom. The SMILES string of the molecule is CCC1=CN(C(C)C)C(=O)CC1C. The Kier molecular flexibility index (Phi) is 3.12. The van der Waals surface area contributed by atoms with E-state index in [1.54, 1.807) is 0 Å². The van der Waals surface area contributed by atoms with E-state index in [-0.39, 0.29) is 5.91 Å². The number of allylic oxidation sites excluding steroid dienone is 1. The van der Waals surface area contributed by atoms with Crippen molar-refractivity contribution in [2.75, 3.05) is 0 Å². The minimum atomic E-state index is 0.264. The standard InChI is InChI=1S/C11H19NO/c1-5-10-7-12(8(2)3)11(13)6-9(10)4/h7-9H,5-6H2,1-4H3. The van der Waals surface area contributed by atoms with E-state index in [4.69, 9.17) is 0 Å². The van der Waals surface area contributed by atoms with Crippen LogP contribution in [0.5, 0.6) is 0 Å². The van der Waals surface area contributed by atoms with Crippen molar-refractivity contribution in [2.45, 2.75) is 46.6 Å². The molecule has 0 aliphatic carbocycles. The summed E-state index contributed by atoms with van der Waals surface area (Å²) in [6, 6.07) is 0.293. The molecule has 74 valence electrons. The second kappa shape index (κ2) is 3.95. The van der Waals surface area contributed by atoms with E-state index in [0.717, 1.165) is 6.42 Å². The molecule has 0 saturated carbocycles. The second-order valence-electron chi connectivity index (χ2n) is 4.06. The first-order valence-corrected chi connectivity index (χ1v) is 5.08. The first-order valence-electron chi connectivity index (χ1n) is 5.08. The smallest absolute Gasteiger partial charge is 0.227 e. The lowest BCUT2D eigenvalue weighted by atomic mass is 9.92. The molecule has 2 heteroatoms. The van der Waals surface area contributed by atoms with E-state index < -0.39 is 0 Å². The van der Waals surface area contributed by atoms with Crippen LogP contribution in [0.3, 0.4) is 0 Å². The summed E-state index contributed by atoms with van der Waals surface area (Å²) < 4.78 is 0. The van der Waals surface area contributed by atoms with Crippen molar-refractivity contribution in [2.24, 2.45) is 5.92 Å². The first kappa shape index (κ1) is 10.3. The molecule has 0 aromatic carbocycles. The van der Waals surface area contributed by atoms with Crippen molar-refractivity contribution in [1.29, 1.82) is 0 Å². The first-order chi connectivity index (χ1) is 6.06. The Hall–Kier alpha value is -0.790. The van der Waals surface area contributed by atoms with Crippen molar-refractivity contribution >= 4 is 5.91 Å². The molecule has 1 heterocycles. The summed E-state index contributed by atoms with van der Waals surface area (Å²) in [6.45, 7) is 8.39. The van der Waals surface area contributed by atoms with Crippen molar-refractivity contribution in [3.05, 3.63) is 11.8 Å². The molecule has 0 N–H and O–H groups in total. The van der Waals surface area contributed by atoms with Gasteiger partial charge in [0, 0.05) is 18.7 Å². The van der Waals surface area contributed by atoms with Gasteiger partial charge in [0.2, 0.25) is 5.91 Å². The van der Waals surface area contributed by atoms with E-state index in [2.05, 4.69) is 27.7 Å². The second-order valence-corrected chi connectivity index (χ2v) is 4.06. The predicted molar refractivity (Wildman–Crippen MR) is 54.1 cm³/mol. The van der Waals surface area contributed by atoms with Gasteiger partial charge in [-0.2, -0.15) is 0 Å². The molecule has 2 nitrogen and oxygen atoms in total. The Morgan fingerprint density at radius 1 is 1.62 bits per heavy atom. The maximum Gasteiger partial charge on any atom is 0.227 e. The van der Waals surface area contributed by atoms with E-state index in [9.17, 15) is 4.79 Å². The van der Waals surface area contributed by atoms with Crippen LogP contribution >= 0.6 is 0 Å². The van der Waals surface area contributed by atoms with Crippen molar-refractivity contribution in [1.82, 2.24) is 4.90 Å². The van der Waals surface area contributed by atoms with Gasteiger partial charge in [-0.25, -0.2) is 0 Å². The number of rotatable bonds is 2. The van der Waals surface area contributed by atoms with E-state index in [1.807, 2.05) is 11.1 Å². The average molecular weight is 181 g/mol. The van der Waals surface area contributed by atoms with Gasteiger partial charge in [0.25, 0.3) is 0 Å². The van der Waals surface area contributed by atoms with Gasteiger partial charge in [-0.15, -0.1) is 0 Å². The highest BCUT2D eigenvalue weighted by molar-refractivity contribution is 5.79. The molecule has 0 bridgehead atoms. The molecule has 1 atom stereocenters. The molecule has 0 aromatic rings. The molecule has 1 rings (SSSR count). The molecule has 1 unspecified atom stereocenters. The monoisotopic (exact) mass is 181 g/mol. The van der Waals surface area contributed by atoms with Crippen LogP contribution in [0.1, 0.15) is 40.5 Å². The number of amides is 1. The van der Waals surface area contributed by atoms with Gasteiger partial charge in [-0.1, -0.05) is 19.4 Å². The average Bonchev–Trinajstić information content (AvgIpc) is 2.03. The summed E-state index contributed by atoms with van der Waals surface area (Å²) in [4.78, 5) is 13.4. The van der Waals surface area contributed by atoms with Crippen LogP contribution in [0.2, 0.25) is 0 Å². The largest absolute Gasteiger partial charge is 0.317 e. The summed E-state index contributed by atoms with van der Waals surface area (Å²) in [5, 5.41) is 0. The molecule has 1 aliphatic heterocycles. The third-order valence-electron chi connectivity index (χ3n) is 2.67. The van der Waals surface area contributed by atoms with Crippen LogP contribution in [0.25, 0.3) is 0 Å². The van der Waals surface area contributed by atoms with Gasteiger partial charge < -0.3 is 4.90 Å². The molecule has 0 radical (unpaired) electrons. The highest BCUT2D eigenvalue weighted by Gasteiger charge is 2.24. The lowest BCUT2D eigenvalue weighted by Gasteiger charge is -2.31. The fraction of sp³-hybridized carbons (Fsp3) is 0.727. The summed E-state index contributed by atoms with van der Waals surface area (Å²) in [6.07, 6.45) is 3.77. The van der Waals surface area contributed by atoms with Crippen LogP contribution in [0.15, 0.2) is 11.8 Å². The predicted octanol–water partition coefficient (Wildman–Crippen LogP) is 2.56. The van der Waals surface area contributed by atoms with Crippen LogP contribution in [-0.4, -0.2) is 16.8 Å². The normalized spacial score (nSPS) is 23.8.